The van der Waals surface area contributed by atoms with Crippen molar-refractivity contribution in [1.29, 1.82) is 0 Å². The van der Waals surface area contributed by atoms with Crippen molar-refractivity contribution < 1.29 is 0 Å². The fraction of sp³-hybridized carbons (Fsp3) is 0.176. The number of anilines is 2. The minimum Gasteiger partial charge on any atom is -0.355 e. The van der Waals surface area contributed by atoms with Crippen LogP contribution >= 0.6 is 0 Å². The van der Waals surface area contributed by atoms with Crippen LogP contribution in [0, 0.1) is 20.8 Å². The molecule has 0 saturated carbocycles. The second-order valence-corrected chi connectivity index (χ2v) is 5.13. The van der Waals surface area contributed by atoms with Crippen LogP contribution in [0.15, 0.2) is 42.5 Å². The van der Waals surface area contributed by atoms with E-state index in [-0.39, 0.29) is 0 Å². The average Bonchev–Trinajstić information content (AvgIpc) is 2.37. The highest BCUT2D eigenvalue weighted by atomic mass is 14.9. The van der Waals surface area contributed by atoms with Gasteiger partial charge < -0.3 is 5.32 Å². The number of hydrogen-bond acceptors (Lipinski definition) is 3. The minimum atomic E-state index is 0.792. The highest BCUT2D eigenvalue weighted by molar-refractivity contribution is 5.91. The molecular formula is C17H17N3. The summed E-state index contributed by atoms with van der Waals surface area (Å²) in [5.74, 6) is 0. The Labute approximate surface area is 118 Å². The van der Waals surface area contributed by atoms with Crippen molar-refractivity contribution in [3.05, 3.63) is 59.4 Å². The summed E-state index contributed by atoms with van der Waals surface area (Å²) < 4.78 is 0. The lowest BCUT2D eigenvalue weighted by molar-refractivity contribution is 1.16. The van der Waals surface area contributed by atoms with Crippen molar-refractivity contribution in [3.8, 4) is 0 Å². The Hall–Kier alpha value is -2.42. The molecular weight excluding hydrogens is 246 g/mol. The van der Waals surface area contributed by atoms with Crippen LogP contribution in [-0.4, -0.2) is 9.97 Å². The summed E-state index contributed by atoms with van der Waals surface area (Å²) in [5.41, 5.74) is 6.10. The lowest BCUT2D eigenvalue weighted by Crippen LogP contribution is -1.97. The van der Waals surface area contributed by atoms with E-state index in [2.05, 4.69) is 58.6 Å². The van der Waals surface area contributed by atoms with E-state index in [1.165, 1.54) is 5.56 Å². The van der Waals surface area contributed by atoms with Gasteiger partial charge in [-0.15, -0.1) is 0 Å². The third-order valence-corrected chi connectivity index (χ3v) is 3.24. The quantitative estimate of drug-likeness (QED) is 0.749. The fourth-order valence-electron chi connectivity index (χ4n) is 2.31. The Kier molecular flexibility index (Phi) is 3.11. The molecule has 2 heterocycles. The predicted octanol–water partition coefficient (Wildman–Crippen LogP) is 4.30. The van der Waals surface area contributed by atoms with Gasteiger partial charge in [-0.25, -0.2) is 9.97 Å². The maximum absolute atomic E-state index is 4.51. The van der Waals surface area contributed by atoms with Crippen molar-refractivity contribution in [3.63, 3.8) is 0 Å². The Morgan fingerprint density at radius 1 is 0.850 bits per heavy atom. The van der Waals surface area contributed by atoms with Crippen molar-refractivity contribution in [2.45, 2.75) is 20.8 Å². The van der Waals surface area contributed by atoms with Crippen LogP contribution in [0.4, 0.5) is 11.4 Å². The number of aromatic nitrogens is 2. The van der Waals surface area contributed by atoms with Crippen LogP contribution in [0.1, 0.15) is 17.0 Å². The molecule has 3 aromatic rings. The number of fused-ring (bicyclic) bond motifs is 1. The van der Waals surface area contributed by atoms with E-state index in [1.54, 1.807) is 0 Å². The number of nitrogens with zero attached hydrogens (tertiary/aromatic N) is 2. The molecule has 0 aliphatic heterocycles. The summed E-state index contributed by atoms with van der Waals surface area (Å²) in [6.07, 6.45) is 0. The summed E-state index contributed by atoms with van der Waals surface area (Å²) in [4.78, 5) is 9.01. The molecule has 1 N–H and O–H groups in total. The van der Waals surface area contributed by atoms with Gasteiger partial charge in [0.2, 0.25) is 0 Å². The summed E-state index contributed by atoms with van der Waals surface area (Å²) in [6.45, 7) is 6.06. The molecule has 2 aromatic heterocycles. The maximum atomic E-state index is 4.51. The lowest BCUT2D eigenvalue weighted by atomic mass is 10.1. The summed E-state index contributed by atoms with van der Waals surface area (Å²) in [6, 6.07) is 14.5. The molecule has 0 bridgehead atoms. The molecule has 3 nitrogen and oxygen atoms in total. The molecule has 0 aliphatic rings. The van der Waals surface area contributed by atoms with E-state index in [1.807, 2.05) is 19.9 Å². The van der Waals surface area contributed by atoms with Crippen LogP contribution in [-0.2, 0) is 0 Å². The zero-order valence-corrected chi connectivity index (χ0v) is 11.9. The SMILES string of the molecule is Cc1cccc(Nc2cc(C)nc3nc(C)ccc23)c1. The van der Waals surface area contributed by atoms with Gasteiger partial charge in [-0.2, -0.15) is 0 Å². The van der Waals surface area contributed by atoms with Crippen LogP contribution < -0.4 is 5.32 Å². The number of hydrogen-bond donors (Lipinski definition) is 1. The van der Waals surface area contributed by atoms with Crippen molar-refractivity contribution in [1.82, 2.24) is 9.97 Å². The largest absolute Gasteiger partial charge is 0.355 e. The summed E-state index contributed by atoms with van der Waals surface area (Å²) in [5, 5.41) is 4.51. The molecule has 0 unspecified atom stereocenters. The van der Waals surface area contributed by atoms with E-state index < -0.39 is 0 Å². The smallest absolute Gasteiger partial charge is 0.161 e. The molecule has 100 valence electrons. The van der Waals surface area contributed by atoms with E-state index >= 15 is 0 Å². The molecule has 20 heavy (non-hydrogen) atoms. The first-order valence-electron chi connectivity index (χ1n) is 6.70. The maximum Gasteiger partial charge on any atom is 0.161 e. The average molecular weight is 263 g/mol. The zero-order chi connectivity index (χ0) is 14.1. The normalized spacial score (nSPS) is 10.8. The van der Waals surface area contributed by atoms with Gasteiger partial charge in [0.05, 0.1) is 5.69 Å². The Balaban J connectivity index is 2.11. The Morgan fingerprint density at radius 2 is 1.65 bits per heavy atom. The third-order valence-electron chi connectivity index (χ3n) is 3.24. The molecule has 0 radical (unpaired) electrons. The number of aryl methyl sites for hydroxylation is 3. The Morgan fingerprint density at radius 3 is 2.45 bits per heavy atom. The first kappa shape index (κ1) is 12.6. The van der Waals surface area contributed by atoms with Crippen LogP contribution in [0.2, 0.25) is 0 Å². The summed E-state index contributed by atoms with van der Waals surface area (Å²) in [7, 11) is 0. The summed E-state index contributed by atoms with van der Waals surface area (Å²) >= 11 is 0. The molecule has 0 saturated heterocycles. The first-order chi connectivity index (χ1) is 9.61. The third kappa shape index (κ3) is 2.48. The van der Waals surface area contributed by atoms with Gasteiger partial charge in [0.15, 0.2) is 5.65 Å². The molecule has 0 spiro atoms. The van der Waals surface area contributed by atoms with Crippen LogP contribution in [0.3, 0.4) is 0 Å². The number of rotatable bonds is 2. The lowest BCUT2D eigenvalue weighted by Gasteiger charge is -2.11. The van der Waals surface area contributed by atoms with Gasteiger partial charge in [0, 0.05) is 22.5 Å². The second-order valence-electron chi connectivity index (χ2n) is 5.13. The standard InChI is InChI=1S/C17H17N3/c1-11-5-4-6-14(9-11)20-16-10-13(3)19-17-15(16)8-7-12(2)18-17/h4-10H,1-3H3,(H,18,19,20). The van der Waals surface area contributed by atoms with E-state index in [9.17, 15) is 0 Å². The van der Waals surface area contributed by atoms with Crippen LogP contribution in [0.5, 0.6) is 0 Å². The van der Waals surface area contributed by atoms with Gasteiger partial charge in [0.1, 0.15) is 0 Å². The fourth-order valence-corrected chi connectivity index (χ4v) is 2.31. The monoisotopic (exact) mass is 263 g/mol. The van der Waals surface area contributed by atoms with Gasteiger partial charge in [-0.1, -0.05) is 12.1 Å². The van der Waals surface area contributed by atoms with Gasteiger partial charge >= 0.3 is 0 Å². The topological polar surface area (TPSA) is 37.8 Å². The van der Waals surface area contributed by atoms with Gasteiger partial charge in [-0.3, -0.25) is 0 Å². The molecule has 0 amide bonds. The van der Waals surface area contributed by atoms with Crippen LogP contribution in [0.25, 0.3) is 11.0 Å². The van der Waals surface area contributed by atoms with Crippen molar-refractivity contribution >= 4 is 22.4 Å². The zero-order valence-electron chi connectivity index (χ0n) is 11.9. The number of pyridine rings is 2. The Bertz CT molecular complexity index is 773. The van der Waals surface area contributed by atoms with Gasteiger partial charge in [-0.05, 0) is 56.7 Å². The molecule has 0 aliphatic carbocycles. The predicted molar refractivity (Wildman–Crippen MR) is 83.5 cm³/mol. The number of benzene rings is 1. The van der Waals surface area contributed by atoms with Crippen molar-refractivity contribution in [2.24, 2.45) is 0 Å². The molecule has 3 heteroatoms. The van der Waals surface area contributed by atoms with Crippen molar-refractivity contribution in [2.75, 3.05) is 5.32 Å². The first-order valence-corrected chi connectivity index (χ1v) is 6.70. The minimum absolute atomic E-state index is 0.792. The molecule has 0 fully saturated rings. The highest BCUT2D eigenvalue weighted by Gasteiger charge is 2.06. The number of nitrogens with one attached hydrogen (secondary N) is 1. The van der Waals surface area contributed by atoms with E-state index in [4.69, 9.17) is 0 Å². The molecule has 0 atom stereocenters. The molecule has 3 rings (SSSR count). The van der Waals surface area contributed by atoms with E-state index in [0.717, 1.165) is 33.8 Å². The van der Waals surface area contributed by atoms with E-state index in [0.29, 0.717) is 0 Å². The molecule has 1 aromatic carbocycles. The highest BCUT2D eigenvalue weighted by Crippen LogP contribution is 2.26. The van der Waals surface area contributed by atoms with Gasteiger partial charge in [0.25, 0.3) is 0 Å². The second kappa shape index (κ2) is 4.93.